The lowest BCUT2D eigenvalue weighted by atomic mass is 10.2. The summed E-state index contributed by atoms with van der Waals surface area (Å²) in [5.41, 5.74) is 0.735. The van der Waals surface area contributed by atoms with Crippen LogP contribution in [-0.2, 0) is 9.59 Å². The van der Waals surface area contributed by atoms with Crippen molar-refractivity contribution in [2.75, 3.05) is 11.9 Å². The maximum Gasteiger partial charge on any atom is 0.266 e. The summed E-state index contributed by atoms with van der Waals surface area (Å²) in [6.45, 7) is 0.107. The number of benzene rings is 2. The van der Waals surface area contributed by atoms with Gasteiger partial charge < -0.3 is 5.32 Å². The molecular formula is C19H13Cl2FN2O2S2. The van der Waals surface area contributed by atoms with Gasteiger partial charge in [-0.2, -0.15) is 0 Å². The number of thiocarbonyl (C=S) groups is 1. The van der Waals surface area contributed by atoms with E-state index in [1.165, 1.54) is 23.1 Å². The van der Waals surface area contributed by atoms with Gasteiger partial charge in [-0.1, -0.05) is 65.4 Å². The van der Waals surface area contributed by atoms with E-state index >= 15 is 0 Å². The monoisotopic (exact) mass is 454 g/mol. The Bertz CT molecular complexity index is 998. The van der Waals surface area contributed by atoms with Crippen molar-refractivity contribution >= 4 is 75.1 Å². The SMILES string of the molecule is O=C(CCN1C(=O)/C(=C/c2ccccc2F)SC1=S)Nc1ccc(Cl)cc1Cl. The Kier molecular flexibility index (Phi) is 6.72. The highest BCUT2D eigenvalue weighted by atomic mass is 35.5. The van der Waals surface area contributed by atoms with Crippen LogP contribution >= 0.6 is 47.2 Å². The van der Waals surface area contributed by atoms with Gasteiger partial charge in [0.2, 0.25) is 5.91 Å². The topological polar surface area (TPSA) is 49.4 Å². The van der Waals surface area contributed by atoms with Gasteiger partial charge in [0.1, 0.15) is 10.1 Å². The zero-order valence-electron chi connectivity index (χ0n) is 14.2. The van der Waals surface area contributed by atoms with E-state index < -0.39 is 5.82 Å². The molecule has 2 aromatic rings. The average Bonchev–Trinajstić information content (AvgIpc) is 2.91. The summed E-state index contributed by atoms with van der Waals surface area (Å²) >= 11 is 18.2. The van der Waals surface area contributed by atoms with Gasteiger partial charge in [0.25, 0.3) is 5.91 Å². The first kappa shape index (κ1) is 20.8. The molecule has 1 aliphatic rings. The second-order valence-corrected chi connectivity index (χ2v) is 8.30. The molecular weight excluding hydrogens is 442 g/mol. The lowest BCUT2D eigenvalue weighted by Crippen LogP contribution is -2.31. The van der Waals surface area contributed by atoms with Crippen LogP contribution < -0.4 is 5.32 Å². The minimum atomic E-state index is -0.424. The van der Waals surface area contributed by atoms with E-state index in [1.54, 1.807) is 30.3 Å². The van der Waals surface area contributed by atoms with Crippen LogP contribution in [0.25, 0.3) is 6.08 Å². The maximum atomic E-state index is 13.8. The summed E-state index contributed by atoms with van der Waals surface area (Å²) in [5, 5.41) is 3.45. The van der Waals surface area contributed by atoms with E-state index in [2.05, 4.69) is 5.32 Å². The number of nitrogens with one attached hydrogen (secondary N) is 1. The van der Waals surface area contributed by atoms with Crippen molar-refractivity contribution in [3.8, 4) is 0 Å². The third-order valence-electron chi connectivity index (χ3n) is 3.83. The van der Waals surface area contributed by atoms with E-state index in [9.17, 15) is 14.0 Å². The van der Waals surface area contributed by atoms with Crippen molar-refractivity contribution in [1.82, 2.24) is 4.90 Å². The summed E-state index contributed by atoms with van der Waals surface area (Å²) in [5.74, 6) is -1.10. The molecule has 28 heavy (non-hydrogen) atoms. The van der Waals surface area contributed by atoms with Gasteiger partial charge in [-0.05, 0) is 30.3 Å². The van der Waals surface area contributed by atoms with Crippen LogP contribution in [0.2, 0.25) is 10.0 Å². The molecule has 9 heteroatoms. The molecule has 1 N–H and O–H groups in total. The fourth-order valence-electron chi connectivity index (χ4n) is 2.44. The third kappa shape index (κ3) is 4.91. The second-order valence-electron chi connectivity index (χ2n) is 5.78. The van der Waals surface area contributed by atoms with E-state index in [0.29, 0.717) is 30.5 Å². The number of rotatable bonds is 5. The van der Waals surface area contributed by atoms with Crippen LogP contribution in [0.1, 0.15) is 12.0 Å². The van der Waals surface area contributed by atoms with Gasteiger partial charge in [0.05, 0.1) is 15.6 Å². The standard InChI is InChI=1S/C19H13Cl2FN2O2S2/c20-12-5-6-15(13(21)10-12)23-17(25)7-8-24-18(26)16(28-19(24)27)9-11-3-1-2-4-14(11)22/h1-6,9-10H,7-8H2,(H,23,25)/b16-9-. The normalized spacial score (nSPS) is 15.4. The average molecular weight is 455 g/mol. The molecule has 0 unspecified atom stereocenters. The zero-order chi connectivity index (χ0) is 20.3. The van der Waals surface area contributed by atoms with Crippen LogP contribution in [0.4, 0.5) is 10.1 Å². The number of nitrogens with zero attached hydrogens (tertiary/aromatic N) is 1. The summed E-state index contributed by atoms with van der Waals surface area (Å²) < 4.78 is 14.1. The highest BCUT2D eigenvalue weighted by Crippen LogP contribution is 2.33. The van der Waals surface area contributed by atoms with Crippen LogP contribution in [0.5, 0.6) is 0 Å². The van der Waals surface area contributed by atoms with Gasteiger partial charge >= 0.3 is 0 Å². The predicted octanol–water partition coefficient (Wildman–Crippen LogP) is 5.36. The van der Waals surface area contributed by atoms with Crippen LogP contribution in [0.15, 0.2) is 47.4 Å². The Labute approximate surface area is 180 Å². The lowest BCUT2D eigenvalue weighted by molar-refractivity contribution is -0.122. The predicted molar refractivity (Wildman–Crippen MR) is 116 cm³/mol. The smallest absolute Gasteiger partial charge is 0.266 e. The molecule has 0 atom stereocenters. The van der Waals surface area contributed by atoms with Crippen molar-refractivity contribution in [3.05, 3.63) is 68.8 Å². The van der Waals surface area contributed by atoms with Gasteiger partial charge in [-0.3, -0.25) is 14.5 Å². The summed E-state index contributed by atoms with van der Waals surface area (Å²) in [6, 6.07) is 10.9. The van der Waals surface area contributed by atoms with Crippen molar-refractivity contribution in [2.24, 2.45) is 0 Å². The Morgan fingerprint density at radius 1 is 1.25 bits per heavy atom. The maximum absolute atomic E-state index is 13.8. The number of carbonyl (C=O) groups excluding carboxylic acids is 2. The quantitative estimate of drug-likeness (QED) is 0.487. The number of carbonyl (C=O) groups is 2. The van der Waals surface area contributed by atoms with Crippen LogP contribution in [-0.4, -0.2) is 27.6 Å². The lowest BCUT2D eigenvalue weighted by Gasteiger charge is -2.14. The molecule has 1 saturated heterocycles. The Balaban J connectivity index is 1.63. The first-order chi connectivity index (χ1) is 13.3. The summed E-state index contributed by atoms with van der Waals surface area (Å²) in [7, 11) is 0. The molecule has 0 aromatic heterocycles. The number of hydrogen-bond acceptors (Lipinski definition) is 4. The van der Waals surface area contributed by atoms with Gasteiger partial charge in [-0.15, -0.1) is 0 Å². The summed E-state index contributed by atoms with van der Waals surface area (Å²) in [4.78, 5) is 26.4. The van der Waals surface area contributed by atoms with E-state index in [4.69, 9.17) is 35.4 Å². The molecule has 4 nitrogen and oxygen atoms in total. The molecule has 1 heterocycles. The first-order valence-electron chi connectivity index (χ1n) is 8.10. The van der Waals surface area contributed by atoms with Crippen molar-refractivity contribution in [1.29, 1.82) is 0 Å². The number of thioether (sulfide) groups is 1. The molecule has 0 saturated carbocycles. The fraction of sp³-hybridized carbons (Fsp3) is 0.105. The van der Waals surface area contributed by atoms with Crippen molar-refractivity contribution in [3.63, 3.8) is 0 Å². The number of anilines is 1. The van der Waals surface area contributed by atoms with Gasteiger partial charge in [0, 0.05) is 23.6 Å². The van der Waals surface area contributed by atoms with Crippen LogP contribution in [0, 0.1) is 5.82 Å². The Morgan fingerprint density at radius 2 is 2.00 bits per heavy atom. The van der Waals surface area contributed by atoms with E-state index in [0.717, 1.165) is 11.8 Å². The van der Waals surface area contributed by atoms with Crippen molar-refractivity contribution in [2.45, 2.75) is 6.42 Å². The number of amides is 2. The van der Waals surface area contributed by atoms with Gasteiger partial charge in [0.15, 0.2) is 0 Å². The zero-order valence-corrected chi connectivity index (χ0v) is 17.4. The summed E-state index contributed by atoms with van der Waals surface area (Å²) in [6.07, 6.45) is 1.49. The minimum Gasteiger partial charge on any atom is -0.325 e. The highest BCUT2D eigenvalue weighted by molar-refractivity contribution is 8.26. The molecule has 2 amide bonds. The molecule has 0 aliphatic carbocycles. The molecule has 2 aromatic carbocycles. The molecule has 1 aliphatic heterocycles. The number of hydrogen-bond donors (Lipinski definition) is 1. The third-order valence-corrected chi connectivity index (χ3v) is 5.76. The van der Waals surface area contributed by atoms with Crippen molar-refractivity contribution < 1.29 is 14.0 Å². The molecule has 0 radical (unpaired) electrons. The largest absolute Gasteiger partial charge is 0.325 e. The minimum absolute atomic E-state index is 0.0262. The Morgan fingerprint density at radius 3 is 2.71 bits per heavy atom. The molecule has 0 spiro atoms. The van der Waals surface area contributed by atoms with Crippen LogP contribution in [0.3, 0.4) is 0 Å². The van der Waals surface area contributed by atoms with E-state index in [1.807, 2.05) is 0 Å². The van der Waals surface area contributed by atoms with Gasteiger partial charge in [-0.25, -0.2) is 4.39 Å². The second kappa shape index (κ2) is 9.05. The fourth-order valence-corrected chi connectivity index (χ4v) is 4.20. The molecule has 0 bridgehead atoms. The highest BCUT2D eigenvalue weighted by Gasteiger charge is 2.32. The Hall–Kier alpha value is -1.93. The molecule has 1 fully saturated rings. The number of halogens is 3. The van der Waals surface area contributed by atoms with E-state index in [-0.39, 0.29) is 24.8 Å². The first-order valence-corrected chi connectivity index (χ1v) is 10.1. The molecule has 3 rings (SSSR count). The molecule has 144 valence electrons.